The predicted molar refractivity (Wildman–Crippen MR) is 137 cm³/mol. The smallest absolute Gasteiger partial charge is 0.229 e. The lowest BCUT2D eigenvalue weighted by molar-refractivity contribution is -0.134. The summed E-state index contributed by atoms with van der Waals surface area (Å²) >= 11 is 0. The molecule has 5 unspecified atom stereocenters. The molecule has 3 aliphatic heterocycles. The number of nitrogens with one attached hydrogen (secondary N) is 2. The maximum atomic E-state index is 13.8. The molecule has 5 atom stereocenters. The van der Waals surface area contributed by atoms with Gasteiger partial charge in [0.1, 0.15) is 0 Å². The number of fused-ring (bicyclic) bond motifs is 2. The Morgan fingerprint density at radius 3 is 2.82 bits per heavy atom. The number of rotatable bonds is 4. The van der Waals surface area contributed by atoms with E-state index in [9.17, 15) is 4.79 Å². The number of hydrogen-bond acceptors (Lipinski definition) is 5. The van der Waals surface area contributed by atoms with Crippen LogP contribution in [0.2, 0.25) is 0 Å². The van der Waals surface area contributed by atoms with E-state index in [0.29, 0.717) is 23.9 Å². The molecule has 2 saturated heterocycles. The summed E-state index contributed by atoms with van der Waals surface area (Å²) in [7, 11) is 0. The standard InChI is InChI=1S/C28H43N5O/c34-28(23-6-8-26-22(15-23)10-11-30-26)33-13-12-32(18-25-16-29-19-31-25)27-9-7-21(14-24(27)17-33)20-4-2-1-3-5-20/h8,15,19-21,23-25,27,30H,1-7,9-14,16-18H2,(H,29,31). The lowest BCUT2D eigenvalue weighted by Gasteiger charge is -2.44. The molecule has 1 amide bonds. The van der Waals surface area contributed by atoms with Crippen molar-refractivity contribution in [3.63, 3.8) is 0 Å². The molecule has 34 heavy (non-hydrogen) atoms. The van der Waals surface area contributed by atoms with E-state index >= 15 is 0 Å². The molecule has 0 aromatic rings. The lowest BCUT2D eigenvalue weighted by Crippen LogP contribution is -2.50. The normalized spacial score (nSPS) is 36.6. The van der Waals surface area contributed by atoms with Crippen LogP contribution in [0.15, 0.2) is 28.4 Å². The summed E-state index contributed by atoms with van der Waals surface area (Å²) in [5.74, 6) is 2.83. The molecule has 6 heteroatoms. The van der Waals surface area contributed by atoms with E-state index in [1.54, 1.807) is 0 Å². The lowest BCUT2D eigenvalue weighted by atomic mass is 9.68. The van der Waals surface area contributed by atoms with Gasteiger partial charge in [-0.1, -0.05) is 44.3 Å². The van der Waals surface area contributed by atoms with Crippen LogP contribution < -0.4 is 10.6 Å². The molecule has 186 valence electrons. The molecule has 0 aromatic heterocycles. The Morgan fingerprint density at radius 2 is 1.97 bits per heavy atom. The van der Waals surface area contributed by atoms with Crippen LogP contribution in [0.1, 0.15) is 64.2 Å². The van der Waals surface area contributed by atoms with E-state index in [4.69, 9.17) is 0 Å². The minimum absolute atomic E-state index is 0.0336. The summed E-state index contributed by atoms with van der Waals surface area (Å²) in [6.45, 7) is 5.81. The number of carbonyl (C=O) groups excluding carboxylic acids is 1. The van der Waals surface area contributed by atoms with Crippen LogP contribution in [-0.4, -0.2) is 73.4 Å². The maximum Gasteiger partial charge on any atom is 0.229 e. The molecule has 6 nitrogen and oxygen atoms in total. The third kappa shape index (κ3) is 4.67. The Hall–Kier alpha value is -1.82. The largest absolute Gasteiger partial charge is 0.385 e. The SMILES string of the molecule is O=C(C1C=C2CCNC2=CC1)N1CCN(CC2CN=CN2)C2CCC(C3CCCCC3)CC2C1. The van der Waals surface area contributed by atoms with Gasteiger partial charge in [0, 0.05) is 44.5 Å². The zero-order chi connectivity index (χ0) is 22.9. The molecule has 0 spiro atoms. The highest BCUT2D eigenvalue weighted by atomic mass is 16.2. The Morgan fingerprint density at radius 1 is 1.06 bits per heavy atom. The third-order valence-corrected chi connectivity index (χ3v) is 9.73. The van der Waals surface area contributed by atoms with Crippen molar-refractivity contribution in [2.24, 2.45) is 28.7 Å². The summed E-state index contributed by atoms with van der Waals surface area (Å²) in [4.78, 5) is 23.2. The quantitative estimate of drug-likeness (QED) is 0.669. The van der Waals surface area contributed by atoms with E-state index in [0.717, 1.165) is 63.9 Å². The van der Waals surface area contributed by atoms with E-state index < -0.39 is 0 Å². The molecule has 4 fully saturated rings. The first-order valence-corrected chi connectivity index (χ1v) is 14.2. The van der Waals surface area contributed by atoms with Crippen molar-refractivity contribution in [1.29, 1.82) is 0 Å². The van der Waals surface area contributed by atoms with Gasteiger partial charge in [0.15, 0.2) is 0 Å². The van der Waals surface area contributed by atoms with Crippen LogP contribution >= 0.6 is 0 Å². The highest BCUT2D eigenvalue weighted by molar-refractivity contribution is 5.81. The number of aliphatic imine (C=N–C) groups is 1. The van der Waals surface area contributed by atoms with Crippen molar-refractivity contribution in [2.75, 3.05) is 39.3 Å². The first-order chi connectivity index (χ1) is 16.7. The van der Waals surface area contributed by atoms with Gasteiger partial charge in [0.25, 0.3) is 0 Å². The number of amides is 1. The van der Waals surface area contributed by atoms with Crippen LogP contribution in [0, 0.1) is 23.7 Å². The number of nitrogens with zero attached hydrogens (tertiary/aromatic N) is 3. The first kappa shape index (κ1) is 22.6. The summed E-state index contributed by atoms with van der Waals surface area (Å²) < 4.78 is 0. The van der Waals surface area contributed by atoms with Gasteiger partial charge in [-0.15, -0.1) is 0 Å². The number of carbonyl (C=O) groups is 1. The molecular weight excluding hydrogens is 422 g/mol. The highest BCUT2D eigenvalue weighted by Crippen LogP contribution is 2.43. The van der Waals surface area contributed by atoms with Gasteiger partial charge < -0.3 is 15.5 Å². The number of allylic oxidation sites excluding steroid dienone is 2. The zero-order valence-corrected chi connectivity index (χ0v) is 20.8. The van der Waals surface area contributed by atoms with Crippen molar-refractivity contribution >= 4 is 12.2 Å². The van der Waals surface area contributed by atoms with Crippen molar-refractivity contribution in [3.8, 4) is 0 Å². The second-order valence-electron chi connectivity index (χ2n) is 11.8. The Labute approximate surface area is 205 Å². The van der Waals surface area contributed by atoms with Crippen LogP contribution in [-0.2, 0) is 4.79 Å². The second-order valence-corrected chi connectivity index (χ2v) is 11.8. The number of hydrogen-bond donors (Lipinski definition) is 2. The molecule has 0 aromatic carbocycles. The van der Waals surface area contributed by atoms with Crippen LogP contribution in [0.4, 0.5) is 0 Å². The average Bonchev–Trinajstić information content (AvgIpc) is 3.54. The van der Waals surface area contributed by atoms with Gasteiger partial charge in [-0.25, -0.2) is 0 Å². The van der Waals surface area contributed by atoms with Gasteiger partial charge >= 0.3 is 0 Å². The Kier molecular flexibility index (Phi) is 6.68. The molecule has 3 heterocycles. The van der Waals surface area contributed by atoms with Crippen LogP contribution in [0.3, 0.4) is 0 Å². The van der Waals surface area contributed by atoms with Crippen molar-refractivity contribution in [3.05, 3.63) is 23.4 Å². The first-order valence-electron chi connectivity index (χ1n) is 14.2. The van der Waals surface area contributed by atoms with Gasteiger partial charge in [0.05, 0.1) is 24.8 Å². The van der Waals surface area contributed by atoms with Crippen molar-refractivity contribution < 1.29 is 4.79 Å². The van der Waals surface area contributed by atoms with Gasteiger partial charge in [0.2, 0.25) is 5.91 Å². The van der Waals surface area contributed by atoms with Gasteiger partial charge in [-0.05, 0) is 55.4 Å². The van der Waals surface area contributed by atoms with Crippen LogP contribution in [0.25, 0.3) is 0 Å². The third-order valence-electron chi connectivity index (χ3n) is 9.73. The zero-order valence-electron chi connectivity index (χ0n) is 20.8. The average molecular weight is 466 g/mol. The molecule has 0 bridgehead atoms. The second kappa shape index (κ2) is 10.0. The van der Waals surface area contributed by atoms with Gasteiger partial charge in [-0.3, -0.25) is 14.7 Å². The molecule has 3 aliphatic carbocycles. The molecule has 0 radical (unpaired) electrons. The van der Waals surface area contributed by atoms with Crippen LogP contribution in [0.5, 0.6) is 0 Å². The maximum absolute atomic E-state index is 13.8. The van der Waals surface area contributed by atoms with E-state index in [1.807, 2.05) is 6.34 Å². The summed E-state index contributed by atoms with van der Waals surface area (Å²) in [6, 6.07) is 1.05. The summed E-state index contributed by atoms with van der Waals surface area (Å²) in [5.41, 5.74) is 2.64. The fraction of sp³-hybridized carbons (Fsp3) is 0.786. The minimum Gasteiger partial charge on any atom is -0.385 e. The van der Waals surface area contributed by atoms with Crippen molar-refractivity contribution in [1.82, 2.24) is 20.4 Å². The van der Waals surface area contributed by atoms with E-state index in [2.05, 4.69) is 37.6 Å². The summed E-state index contributed by atoms with van der Waals surface area (Å²) in [6.07, 6.45) is 19.5. The summed E-state index contributed by atoms with van der Waals surface area (Å²) in [5, 5.41) is 6.92. The topological polar surface area (TPSA) is 60.0 Å². The monoisotopic (exact) mass is 465 g/mol. The van der Waals surface area contributed by atoms with Gasteiger partial charge in [-0.2, -0.15) is 0 Å². The fourth-order valence-corrected chi connectivity index (χ4v) is 7.91. The van der Waals surface area contributed by atoms with E-state index in [-0.39, 0.29) is 5.92 Å². The van der Waals surface area contributed by atoms with E-state index in [1.165, 1.54) is 62.6 Å². The highest BCUT2D eigenvalue weighted by Gasteiger charge is 2.41. The molecule has 2 N–H and O–H groups in total. The molecule has 2 saturated carbocycles. The minimum atomic E-state index is 0.0336. The molecule has 6 rings (SSSR count). The van der Waals surface area contributed by atoms with Crippen molar-refractivity contribution in [2.45, 2.75) is 76.3 Å². The molecular formula is C28H43N5O. The molecule has 6 aliphatic rings. The Bertz CT molecular complexity index is 836. The Balaban J connectivity index is 1.18. The predicted octanol–water partition coefficient (Wildman–Crippen LogP) is 3.32. The fourth-order valence-electron chi connectivity index (χ4n) is 7.91.